The zero-order chi connectivity index (χ0) is 25.6. The number of carboxylic acids is 1. The van der Waals surface area contributed by atoms with E-state index in [4.69, 9.17) is 9.47 Å². The Morgan fingerprint density at radius 3 is 2.64 bits per heavy atom. The summed E-state index contributed by atoms with van der Waals surface area (Å²) in [6, 6.07) is 5.02. The topological polar surface area (TPSA) is 94.4 Å². The van der Waals surface area contributed by atoms with Gasteiger partial charge in [0.2, 0.25) is 5.88 Å². The number of hydrogen-bond donors (Lipinski definition) is 1. The predicted octanol–water partition coefficient (Wildman–Crippen LogP) is 5.41. The minimum atomic E-state index is -0.933. The first kappa shape index (κ1) is 24.1. The van der Waals surface area contributed by atoms with Crippen molar-refractivity contribution >= 4 is 5.97 Å². The summed E-state index contributed by atoms with van der Waals surface area (Å²) in [6.45, 7) is 3.39. The van der Waals surface area contributed by atoms with E-state index in [0.717, 1.165) is 24.6 Å². The molecular formula is C27H27F2N3O4. The number of nitrogens with zero attached hydrogens (tertiary/aromatic N) is 3. The highest BCUT2D eigenvalue weighted by atomic mass is 19.1. The van der Waals surface area contributed by atoms with Gasteiger partial charge in [-0.25, -0.2) is 18.7 Å². The molecule has 3 aromatic rings. The number of carbonyl (C=O) groups is 1. The molecule has 0 spiro atoms. The molecule has 0 amide bonds. The lowest BCUT2D eigenvalue weighted by Crippen LogP contribution is -2.23. The second-order valence-electron chi connectivity index (χ2n) is 9.52. The van der Waals surface area contributed by atoms with Gasteiger partial charge in [-0.15, -0.1) is 0 Å². The monoisotopic (exact) mass is 495 g/mol. The first-order chi connectivity index (χ1) is 17.3. The number of fused-ring (bicyclic) bond motifs is 1. The molecule has 1 aromatic carbocycles. The van der Waals surface area contributed by atoms with Crippen LogP contribution in [0.4, 0.5) is 8.78 Å². The number of hydrogen-bond acceptors (Lipinski definition) is 6. The van der Waals surface area contributed by atoms with Crippen LogP contribution in [-0.2, 0) is 11.2 Å². The van der Waals surface area contributed by atoms with Crippen molar-refractivity contribution in [3.8, 4) is 22.9 Å². The summed E-state index contributed by atoms with van der Waals surface area (Å²) in [5.74, 6) is -2.49. The fraction of sp³-hybridized carbons (Fsp3) is 0.407. The highest BCUT2D eigenvalue weighted by molar-refractivity contribution is 5.71. The predicted molar refractivity (Wildman–Crippen MR) is 127 cm³/mol. The minimum absolute atomic E-state index is 0.155. The van der Waals surface area contributed by atoms with E-state index in [1.165, 1.54) is 19.4 Å². The molecule has 1 fully saturated rings. The first-order valence-electron chi connectivity index (χ1n) is 12.0. The highest BCUT2D eigenvalue weighted by Gasteiger charge is 2.41. The van der Waals surface area contributed by atoms with Crippen molar-refractivity contribution in [2.45, 2.75) is 51.6 Å². The van der Waals surface area contributed by atoms with Crippen molar-refractivity contribution in [3.63, 3.8) is 0 Å². The number of rotatable bonds is 7. The number of halogens is 2. The Morgan fingerprint density at radius 2 is 1.97 bits per heavy atom. The molecule has 5 rings (SSSR count). The summed E-state index contributed by atoms with van der Waals surface area (Å²) >= 11 is 0. The molecule has 36 heavy (non-hydrogen) atoms. The zero-order valence-electron chi connectivity index (χ0n) is 20.3. The fourth-order valence-electron chi connectivity index (χ4n) is 5.08. The zero-order valence-corrected chi connectivity index (χ0v) is 20.3. The van der Waals surface area contributed by atoms with Gasteiger partial charge in [-0.3, -0.25) is 9.78 Å². The van der Waals surface area contributed by atoms with Crippen LogP contribution in [0.3, 0.4) is 0 Å². The van der Waals surface area contributed by atoms with Gasteiger partial charge in [-0.1, -0.05) is 19.1 Å². The number of benzene rings is 1. The van der Waals surface area contributed by atoms with E-state index in [2.05, 4.69) is 15.0 Å². The quantitative estimate of drug-likeness (QED) is 0.468. The third-order valence-electron chi connectivity index (χ3n) is 7.17. The lowest BCUT2D eigenvalue weighted by Gasteiger charge is -2.29. The van der Waals surface area contributed by atoms with Crippen LogP contribution >= 0.6 is 0 Å². The minimum Gasteiger partial charge on any atom is -0.481 e. The van der Waals surface area contributed by atoms with E-state index in [1.807, 2.05) is 6.07 Å². The summed E-state index contributed by atoms with van der Waals surface area (Å²) in [7, 11) is 1.45. The molecule has 1 aliphatic heterocycles. The molecule has 188 valence electrons. The van der Waals surface area contributed by atoms with E-state index in [-0.39, 0.29) is 23.1 Å². The van der Waals surface area contributed by atoms with Crippen LogP contribution in [0.1, 0.15) is 60.7 Å². The standard InChI is InChI=1S/C27H27F2N3O4/c1-13(27(33)34)23(15-4-5-15)17-8-6-16-7-9-21(36-26(16)24(17)29)25-14(2)32-20(12-31-25)18-10-22(35-3)30-11-19(18)28/h6,8,10-13,15,21,23H,4-5,7,9H2,1-3H3,(H,33,34)/t13-,21?,23?/m0/s1. The number of aryl methyl sites for hydroxylation is 2. The van der Waals surface area contributed by atoms with Gasteiger partial charge in [0.05, 0.1) is 36.8 Å². The molecule has 1 N–H and O–H groups in total. The van der Waals surface area contributed by atoms with Crippen LogP contribution in [-0.4, -0.2) is 33.1 Å². The van der Waals surface area contributed by atoms with Crippen LogP contribution in [0.25, 0.3) is 11.3 Å². The Bertz CT molecular complexity index is 1330. The van der Waals surface area contributed by atoms with E-state index in [1.54, 1.807) is 19.9 Å². The number of methoxy groups -OCH3 is 1. The molecule has 9 heteroatoms. The fourth-order valence-corrected chi connectivity index (χ4v) is 5.08. The number of pyridine rings is 1. The first-order valence-corrected chi connectivity index (χ1v) is 12.0. The van der Waals surface area contributed by atoms with Crippen molar-refractivity contribution < 1.29 is 28.2 Å². The highest BCUT2D eigenvalue weighted by Crippen LogP contribution is 2.49. The van der Waals surface area contributed by atoms with Crippen LogP contribution in [0.15, 0.2) is 30.6 Å². The largest absolute Gasteiger partial charge is 0.481 e. The summed E-state index contributed by atoms with van der Waals surface area (Å²) in [5.41, 5.74) is 2.78. The number of aromatic nitrogens is 3. The molecule has 0 saturated heterocycles. The Balaban J connectivity index is 1.45. The molecule has 3 heterocycles. The Kier molecular flexibility index (Phi) is 6.32. The molecule has 1 saturated carbocycles. The van der Waals surface area contributed by atoms with Crippen LogP contribution in [0.2, 0.25) is 0 Å². The Labute approximate surface area is 207 Å². The van der Waals surface area contributed by atoms with Gasteiger partial charge >= 0.3 is 5.97 Å². The third kappa shape index (κ3) is 4.38. The number of ether oxygens (including phenoxy) is 2. The maximum absolute atomic E-state index is 15.8. The Morgan fingerprint density at radius 1 is 1.19 bits per heavy atom. The van der Waals surface area contributed by atoms with Gasteiger partial charge in [0.25, 0.3) is 0 Å². The SMILES string of the molecule is COc1cc(-c2cnc(C3CCc4ccc(C(C5CC5)[C@H](C)C(=O)O)c(F)c4O3)c(C)n2)c(F)cn1. The molecular weight excluding hydrogens is 468 g/mol. The van der Waals surface area contributed by atoms with Crippen LogP contribution in [0.5, 0.6) is 11.6 Å². The van der Waals surface area contributed by atoms with Gasteiger partial charge in [-0.05, 0) is 49.7 Å². The maximum atomic E-state index is 15.8. The van der Waals surface area contributed by atoms with Crippen molar-refractivity contribution in [1.82, 2.24) is 15.0 Å². The molecule has 0 bridgehead atoms. The second-order valence-corrected chi connectivity index (χ2v) is 9.52. The second kappa shape index (κ2) is 9.44. The molecule has 3 atom stereocenters. The molecule has 2 aliphatic rings. The molecule has 7 nitrogen and oxygen atoms in total. The average molecular weight is 496 g/mol. The molecule has 2 aromatic heterocycles. The van der Waals surface area contributed by atoms with E-state index >= 15 is 4.39 Å². The number of carboxylic acid groups (broad SMARTS) is 1. The van der Waals surface area contributed by atoms with E-state index < -0.39 is 35.5 Å². The van der Waals surface area contributed by atoms with Gasteiger partial charge in [0, 0.05) is 17.5 Å². The Hall–Kier alpha value is -3.62. The van der Waals surface area contributed by atoms with Crippen molar-refractivity contribution in [1.29, 1.82) is 0 Å². The van der Waals surface area contributed by atoms with Crippen molar-refractivity contribution in [3.05, 3.63) is 64.7 Å². The summed E-state index contributed by atoms with van der Waals surface area (Å²) in [6.07, 6.45) is 4.95. The summed E-state index contributed by atoms with van der Waals surface area (Å²) < 4.78 is 41.4. The van der Waals surface area contributed by atoms with Gasteiger partial charge in [0.1, 0.15) is 11.8 Å². The van der Waals surface area contributed by atoms with Gasteiger partial charge < -0.3 is 14.6 Å². The van der Waals surface area contributed by atoms with Crippen molar-refractivity contribution in [2.75, 3.05) is 7.11 Å². The average Bonchev–Trinajstić information content (AvgIpc) is 3.71. The molecule has 2 unspecified atom stereocenters. The van der Waals surface area contributed by atoms with E-state index in [0.29, 0.717) is 35.5 Å². The lowest BCUT2D eigenvalue weighted by atomic mass is 9.82. The van der Waals surface area contributed by atoms with Crippen molar-refractivity contribution in [2.24, 2.45) is 11.8 Å². The molecule has 1 aliphatic carbocycles. The van der Waals surface area contributed by atoms with Crippen LogP contribution < -0.4 is 9.47 Å². The maximum Gasteiger partial charge on any atom is 0.306 e. The molecule has 0 radical (unpaired) electrons. The lowest BCUT2D eigenvalue weighted by molar-refractivity contribution is -0.142. The smallest absolute Gasteiger partial charge is 0.306 e. The number of aliphatic carboxylic acids is 1. The van der Waals surface area contributed by atoms with Gasteiger partial charge in [-0.2, -0.15) is 0 Å². The summed E-state index contributed by atoms with van der Waals surface area (Å²) in [4.78, 5) is 24.6. The third-order valence-corrected chi connectivity index (χ3v) is 7.17. The van der Waals surface area contributed by atoms with Gasteiger partial charge in [0.15, 0.2) is 17.4 Å². The normalized spacial score (nSPS) is 18.6. The van der Waals surface area contributed by atoms with Crippen LogP contribution in [0, 0.1) is 30.4 Å². The summed E-state index contributed by atoms with van der Waals surface area (Å²) in [5, 5.41) is 9.59. The van der Waals surface area contributed by atoms with E-state index in [9.17, 15) is 14.3 Å².